The number of benzene rings is 5. The third-order valence-corrected chi connectivity index (χ3v) is 6.28. The normalized spacial score (nSPS) is 11.3. The number of rotatable bonds is 3. The summed E-state index contributed by atoms with van der Waals surface area (Å²) in [7, 11) is 0. The van der Waals surface area contributed by atoms with E-state index in [4.69, 9.17) is 11.6 Å². The van der Waals surface area contributed by atoms with Gasteiger partial charge in [-0.2, -0.15) is 0 Å². The van der Waals surface area contributed by atoms with Crippen LogP contribution in [-0.4, -0.2) is 4.98 Å². The van der Waals surface area contributed by atoms with Gasteiger partial charge in [0.05, 0.1) is 0 Å². The maximum Gasteiger partial charge on any atom is 0.0465 e. The van der Waals surface area contributed by atoms with Crippen molar-refractivity contribution in [1.29, 1.82) is 0 Å². The molecular weight excluding hydrogens is 410 g/mol. The molecule has 6 aromatic rings. The molecule has 0 unspecified atom stereocenters. The highest BCUT2D eigenvalue weighted by atomic mass is 35.5. The third kappa shape index (κ3) is 3.37. The predicted octanol–water partition coefficient (Wildman–Crippen LogP) is 8.98. The number of aromatic amines is 1. The van der Waals surface area contributed by atoms with Gasteiger partial charge in [0.1, 0.15) is 0 Å². The Morgan fingerprint density at radius 3 is 1.50 bits per heavy atom. The maximum absolute atomic E-state index is 6.30. The van der Waals surface area contributed by atoms with Crippen LogP contribution in [-0.2, 0) is 0 Å². The van der Waals surface area contributed by atoms with Crippen LogP contribution in [0, 0.1) is 0 Å². The molecule has 6 rings (SSSR count). The van der Waals surface area contributed by atoms with Crippen molar-refractivity contribution in [3.8, 4) is 33.4 Å². The van der Waals surface area contributed by atoms with Gasteiger partial charge in [0, 0.05) is 26.8 Å². The van der Waals surface area contributed by atoms with Crippen LogP contribution < -0.4 is 0 Å². The number of H-pyrrole nitrogens is 1. The monoisotopic (exact) mass is 429 g/mol. The van der Waals surface area contributed by atoms with Crippen LogP contribution >= 0.6 is 11.6 Å². The second-order valence-corrected chi connectivity index (χ2v) is 8.54. The maximum atomic E-state index is 6.30. The van der Waals surface area contributed by atoms with E-state index in [2.05, 4.69) is 102 Å². The molecule has 152 valence electrons. The minimum Gasteiger partial charge on any atom is -0.355 e. The Bertz CT molecular complexity index is 1510. The lowest BCUT2D eigenvalue weighted by Gasteiger charge is -2.11. The van der Waals surface area contributed by atoms with E-state index in [9.17, 15) is 0 Å². The molecule has 1 heterocycles. The third-order valence-electron chi connectivity index (χ3n) is 6.04. The van der Waals surface area contributed by atoms with Crippen molar-refractivity contribution >= 4 is 33.4 Å². The molecule has 0 saturated heterocycles. The van der Waals surface area contributed by atoms with E-state index >= 15 is 0 Å². The minimum atomic E-state index is 0.751. The largest absolute Gasteiger partial charge is 0.355 e. The van der Waals surface area contributed by atoms with Crippen molar-refractivity contribution in [2.45, 2.75) is 0 Å². The van der Waals surface area contributed by atoms with E-state index in [0.29, 0.717) is 0 Å². The van der Waals surface area contributed by atoms with Gasteiger partial charge in [-0.25, -0.2) is 0 Å². The molecule has 0 aliphatic rings. The first-order valence-electron chi connectivity index (χ1n) is 10.7. The molecule has 0 fully saturated rings. The van der Waals surface area contributed by atoms with Gasteiger partial charge in [-0.05, 0) is 81.9 Å². The number of nitrogens with one attached hydrogen (secondary N) is 1. The van der Waals surface area contributed by atoms with Crippen molar-refractivity contribution in [2.75, 3.05) is 0 Å². The van der Waals surface area contributed by atoms with Gasteiger partial charge in [0.2, 0.25) is 0 Å². The molecule has 5 aromatic carbocycles. The van der Waals surface area contributed by atoms with Crippen LogP contribution in [0.2, 0.25) is 5.02 Å². The summed E-state index contributed by atoms with van der Waals surface area (Å²) in [4.78, 5) is 3.50. The Morgan fingerprint density at radius 2 is 0.906 bits per heavy atom. The fraction of sp³-hybridized carbons (Fsp3) is 0. The van der Waals surface area contributed by atoms with Gasteiger partial charge < -0.3 is 4.98 Å². The molecule has 0 amide bonds. The number of aromatic nitrogens is 1. The second kappa shape index (κ2) is 7.71. The zero-order valence-electron chi connectivity index (χ0n) is 17.3. The Kier molecular flexibility index (Phi) is 4.56. The fourth-order valence-corrected chi connectivity index (χ4v) is 4.61. The average molecular weight is 430 g/mol. The summed E-state index contributed by atoms with van der Waals surface area (Å²) in [5.41, 5.74) is 9.46. The Balaban J connectivity index is 1.58. The molecule has 0 aliphatic carbocycles. The summed E-state index contributed by atoms with van der Waals surface area (Å²) in [5.74, 6) is 0. The molecule has 0 atom stereocenters. The molecule has 0 saturated carbocycles. The standard InChI is InChI=1S/C30H20ClN/c31-26-12-14-30-28(19-26)27-18-22(11-13-29(27)32-30)25-16-23(20-7-3-1-4-8-20)15-24(17-25)21-9-5-2-6-10-21/h1-19,32H. The zero-order valence-corrected chi connectivity index (χ0v) is 18.1. The van der Waals surface area contributed by atoms with Gasteiger partial charge in [-0.3, -0.25) is 0 Å². The van der Waals surface area contributed by atoms with Crippen LogP contribution in [0.3, 0.4) is 0 Å². The lowest BCUT2D eigenvalue weighted by atomic mass is 9.93. The van der Waals surface area contributed by atoms with Crippen LogP contribution in [0.4, 0.5) is 0 Å². The van der Waals surface area contributed by atoms with Crippen molar-refractivity contribution < 1.29 is 0 Å². The molecule has 1 aromatic heterocycles. The van der Waals surface area contributed by atoms with Gasteiger partial charge in [-0.1, -0.05) is 78.3 Å². The van der Waals surface area contributed by atoms with E-state index < -0.39 is 0 Å². The molecule has 1 N–H and O–H groups in total. The summed E-state index contributed by atoms with van der Waals surface area (Å²) < 4.78 is 0. The second-order valence-electron chi connectivity index (χ2n) is 8.11. The molecular formula is C30H20ClN. The van der Waals surface area contributed by atoms with E-state index in [0.717, 1.165) is 21.4 Å². The molecule has 2 heteroatoms. The first-order chi connectivity index (χ1) is 15.7. The first-order valence-corrected chi connectivity index (χ1v) is 11.1. The highest BCUT2D eigenvalue weighted by Crippen LogP contribution is 2.36. The molecule has 1 nitrogen and oxygen atoms in total. The van der Waals surface area contributed by atoms with Crippen LogP contribution in [0.15, 0.2) is 115 Å². The van der Waals surface area contributed by atoms with Crippen molar-refractivity contribution in [3.63, 3.8) is 0 Å². The van der Waals surface area contributed by atoms with Gasteiger partial charge >= 0.3 is 0 Å². The Morgan fingerprint density at radius 1 is 0.406 bits per heavy atom. The van der Waals surface area contributed by atoms with Crippen molar-refractivity contribution in [3.05, 3.63) is 120 Å². The summed E-state index contributed by atoms with van der Waals surface area (Å²) in [6, 6.07) is 40.6. The predicted molar refractivity (Wildman–Crippen MR) is 137 cm³/mol. The van der Waals surface area contributed by atoms with Crippen LogP contribution in [0.5, 0.6) is 0 Å². The molecule has 0 bridgehead atoms. The van der Waals surface area contributed by atoms with Crippen molar-refractivity contribution in [2.24, 2.45) is 0 Å². The highest BCUT2D eigenvalue weighted by Gasteiger charge is 2.10. The number of halogens is 1. The summed E-state index contributed by atoms with van der Waals surface area (Å²) >= 11 is 6.30. The smallest absolute Gasteiger partial charge is 0.0465 e. The molecule has 0 aliphatic heterocycles. The first kappa shape index (κ1) is 18.9. The fourth-order valence-electron chi connectivity index (χ4n) is 4.44. The van der Waals surface area contributed by atoms with E-state index in [-0.39, 0.29) is 0 Å². The lowest BCUT2D eigenvalue weighted by molar-refractivity contribution is 1.54. The van der Waals surface area contributed by atoms with E-state index in [1.807, 2.05) is 18.2 Å². The van der Waals surface area contributed by atoms with Gasteiger partial charge in [-0.15, -0.1) is 0 Å². The summed E-state index contributed by atoms with van der Waals surface area (Å²) in [5, 5.41) is 3.09. The average Bonchev–Trinajstić information content (AvgIpc) is 3.22. The number of hydrogen-bond donors (Lipinski definition) is 1. The Hall–Kier alpha value is -3.81. The zero-order chi connectivity index (χ0) is 21.5. The van der Waals surface area contributed by atoms with Gasteiger partial charge in [0.15, 0.2) is 0 Å². The lowest BCUT2D eigenvalue weighted by Crippen LogP contribution is -1.86. The van der Waals surface area contributed by atoms with E-state index in [1.165, 1.54) is 38.8 Å². The highest BCUT2D eigenvalue weighted by molar-refractivity contribution is 6.31. The topological polar surface area (TPSA) is 15.8 Å². The number of fused-ring (bicyclic) bond motifs is 3. The summed E-state index contributed by atoms with van der Waals surface area (Å²) in [6.45, 7) is 0. The minimum absolute atomic E-state index is 0.751. The SMILES string of the molecule is Clc1ccc2[nH]c3ccc(-c4cc(-c5ccccc5)cc(-c5ccccc5)c4)cc3c2c1. The molecule has 32 heavy (non-hydrogen) atoms. The Labute approximate surface area is 191 Å². The van der Waals surface area contributed by atoms with E-state index in [1.54, 1.807) is 0 Å². The van der Waals surface area contributed by atoms with Crippen molar-refractivity contribution in [1.82, 2.24) is 4.98 Å². The van der Waals surface area contributed by atoms with Gasteiger partial charge in [0.25, 0.3) is 0 Å². The van der Waals surface area contributed by atoms with Crippen LogP contribution in [0.1, 0.15) is 0 Å². The summed E-state index contributed by atoms with van der Waals surface area (Å²) in [6.07, 6.45) is 0. The quantitative estimate of drug-likeness (QED) is 0.289. The number of hydrogen-bond acceptors (Lipinski definition) is 0. The van der Waals surface area contributed by atoms with Crippen LogP contribution in [0.25, 0.3) is 55.2 Å². The molecule has 0 radical (unpaired) electrons. The molecule has 0 spiro atoms.